The van der Waals surface area contributed by atoms with Crippen LogP contribution in [0.15, 0.2) is 30.3 Å². The molecule has 12 heteroatoms. The lowest BCUT2D eigenvalue weighted by molar-refractivity contribution is -0.137. The van der Waals surface area contributed by atoms with Crippen LogP contribution in [0.25, 0.3) is 11.5 Å². The molecule has 172 valence electrons. The molecule has 1 saturated heterocycles. The van der Waals surface area contributed by atoms with E-state index < -0.39 is 40.6 Å². The molecule has 4 heterocycles. The highest BCUT2D eigenvalue weighted by Gasteiger charge is 2.45. The highest BCUT2D eigenvalue weighted by molar-refractivity contribution is 6.34. The summed E-state index contributed by atoms with van der Waals surface area (Å²) in [7, 11) is 0. The predicted molar refractivity (Wildman–Crippen MR) is 108 cm³/mol. The first kappa shape index (κ1) is 21.8. The van der Waals surface area contributed by atoms with Crippen molar-refractivity contribution in [1.29, 1.82) is 0 Å². The zero-order chi connectivity index (χ0) is 23.5. The first-order chi connectivity index (χ1) is 15.7. The van der Waals surface area contributed by atoms with Gasteiger partial charge in [-0.2, -0.15) is 13.2 Å². The van der Waals surface area contributed by atoms with Crippen molar-refractivity contribution in [3.63, 3.8) is 0 Å². The number of amides is 1. The molecule has 0 radical (unpaired) electrons. The summed E-state index contributed by atoms with van der Waals surface area (Å²) >= 11 is 6.01. The molecule has 0 aliphatic carbocycles. The number of halogens is 5. The molecule has 2 bridgehead atoms. The molecule has 1 fully saturated rings. The number of ether oxygens (including phenoxy) is 1. The Labute approximate surface area is 190 Å². The first-order valence-electron chi connectivity index (χ1n) is 9.99. The summed E-state index contributed by atoms with van der Waals surface area (Å²) in [5.41, 5.74) is -0.684. The van der Waals surface area contributed by atoms with Gasteiger partial charge in [0.25, 0.3) is 5.91 Å². The average Bonchev–Trinajstić information content (AvgIpc) is 3.17. The van der Waals surface area contributed by atoms with Gasteiger partial charge < -0.3 is 14.2 Å². The number of benzene rings is 1. The number of aryl methyl sites for hydroxylation is 1. The van der Waals surface area contributed by atoms with E-state index >= 15 is 0 Å². The Morgan fingerprint density at radius 3 is 2.70 bits per heavy atom. The van der Waals surface area contributed by atoms with Crippen LogP contribution in [-0.4, -0.2) is 49.8 Å². The molecule has 0 N–H and O–H groups in total. The van der Waals surface area contributed by atoms with Crippen LogP contribution >= 0.6 is 11.6 Å². The smallest absolute Gasteiger partial charge is 0.377 e. The van der Waals surface area contributed by atoms with Crippen molar-refractivity contribution < 1.29 is 27.1 Å². The van der Waals surface area contributed by atoms with Crippen molar-refractivity contribution in [3.05, 3.63) is 63.8 Å². The SMILES string of the molecule is Cc1nc(-c2nnc3n2C[C@@H]2COC[C@H]3N2C(=O)c2cccc(C(F)(F)F)c2Cl)ccc1F. The molecule has 7 nitrogen and oxygen atoms in total. The minimum atomic E-state index is -4.69. The highest BCUT2D eigenvalue weighted by Crippen LogP contribution is 2.40. The van der Waals surface area contributed by atoms with E-state index in [1.807, 2.05) is 0 Å². The van der Waals surface area contributed by atoms with Gasteiger partial charge in [0.05, 0.1) is 41.1 Å². The van der Waals surface area contributed by atoms with Crippen molar-refractivity contribution in [2.45, 2.75) is 31.7 Å². The molecule has 33 heavy (non-hydrogen) atoms. The molecule has 0 spiro atoms. The van der Waals surface area contributed by atoms with Crippen LogP contribution in [0.3, 0.4) is 0 Å². The van der Waals surface area contributed by atoms with Crippen molar-refractivity contribution in [2.75, 3.05) is 13.2 Å². The summed E-state index contributed by atoms with van der Waals surface area (Å²) < 4.78 is 61.0. The minimum Gasteiger partial charge on any atom is -0.377 e. The molecule has 5 rings (SSSR count). The number of pyridine rings is 1. The fourth-order valence-electron chi connectivity index (χ4n) is 4.24. The lowest BCUT2D eigenvalue weighted by Gasteiger charge is -2.45. The van der Waals surface area contributed by atoms with Crippen LogP contribution in [0.1, 0.15) is 33.5 Å². The van der Waals surface area contributed by atoms with E-state index in [1.54, 1.807) is 4.57 Å². The van der Waals surface area contributed by atoms with Crippen molar-refractivity contribution in [3.8, 4) is 11.5 Å². The maximum atomic E-state index is 13.7. The molecular formula is C21H16ClF4N5O2. The van der Waals surface area contributed by atoms with E-state index in [4.69, 9.17) is 16.3 Å². The van der Waals surface area contributed by atoms with Crippen LogP contribution in [0.2, 0.25) is 5.02 Å². The summed E-state index contributed by atoms with van der Waals surface area (Å²) in [6.07, 6.45) is -4.69. The van der Waals surface area contributed by atoms with E-state index in [0.29, 0.717) is 17.3 Å². The second-order valence-corrected chi connectivity index (χ2v) is 8.22. The molecule has 2 aliphatic rings. The van der Waals surface area contributed by atoms with Crippen LogP contribution in [-0.2, 0) is 17.5 Å². The highest BCUT2D eigenvalue weighted by atomic mass is 35.5. The summed E-state index contributed by atoms with van der Waals surface area (Å²) in [4.78, 5) is 19.1. The maximum absolute atomic E-state index is 13.7. The number of rotatable bonds is 2. The molecule has 0 saturated carbocycles. The van der Waals surface area contributed by atoms with E-state index in [9.17, 15) is 22.4 Å². The number of nitrogens with zero attached hydrogens (tertiary/aromatic N) is 5. The molecule has 0 unspecified atom stereocenters. The number of morpholine rings is 1. The third kappa shape index (κ3) is 3.55. The predicted octanol–water partition coefficient (Wildman–Crippen LogP) is 4.06. The third-order valence-electron chi connectivity index (χ3n) is 5.81. The van der Waals surface area contributed by atoms with Crippen LogP contribution in [0.5, 0.6) is 0 Å². The summed E-state index contributed by atoms with van der Waals surface area (Å²) in [5, 5.41) is 7.75. The van der Waals surface area contributed by atoms with E-state index in [-0.39, 0.29) is 31.0 Å². The largest absolute Gasteiger partial charge is 0.417 e. The van der Waals surface area contributed by atoms with Gasteiger partial charge >= 0.3 is 6.18 Å². The fourth-order valence-corrected chi connectivity index (χ4v) is 4.56. The van der Waals surface area contributed by atoms with Gasteiger partial charge in [0.1, 0.15) is 17.6 Å². The van der Waals surface area contributed by atoms with Crippen LogP contribution in [0.4, 0.5) is 17.6 Å². The Morgan fingerprint density at radius 1 is 1.18 bits per heavy atom. The molecule has 1 aromatic carbocycles. The summed E-state index contributed by atoms with van der Waals surface area (Å²) in [6.45, 7) is 2.03. The Bertz CT molecular complexity index is 1260. The Hall–Kier alpha value is -3.05. The third-order valence-corrected chi connectivity index (χ3v) is 6.21. The van der Waals surface area contributed by atoms with Crippen molar-refractivity contribution in [2.24, 2.45) is 0 Å². The standard InChI is InChI=1S/C21H16ClF4N5O2/c1-10-14(23)5-6-15(27-10)18-28-29-19-16-9-33-8-11(7-30(18)19)31(16)20(32)12-3-2-4-13(17(12)22)21(24,25)26/h2-6,11,16H,7-9H2,1H3/t11-,16-/m1/s1. The average molecular weight is 482 g/mol. The van der Waals surface area contributed by atoms with E-state index in [0.717, 1.165) is 12.1 Å². The van der Waals surface area contributed by atoms with E-state index in [1.165, 1.54) is 30.0 Å². The maximum Gasteiger partial charge on any atom is 0.417 e. The second kappa shape index (κ2) is 7.77. The minimum absolute atomic E-state index is 0.0901. The van der Waals surface area contributed by atoms with Gasteiger partial charge in [0.15, 0.2) is 11.6 Å². The number of aromatic nitrogens is 4. The molecule has 1 amide bonds. The zero-order valence-electron chi connectivity index (χ0n) is 17.1. The molecule has 2 atom stereocenters. The first-order valence-corrected chi connectivity index (χ1v) is 10.4. The van der Waals surface area contributed by atoms with Crippen LogP contribution in [0, 0.1) is 12.7 Å². The Kier molecular flexibility index (Phi) is 5.13. The molecule has 2 aromatic heterocycles. The number of hydrogen-bond acceptors (Lipinski definition) is 5. The number of carbonyl (C=O) groups excluding carboxylic acids is 1. The molecule has 3 aromatic rings. The van der Waals surface area contributed by atoms with Gasteiger partial charge in [0, 0.05) is 6.54 Å². The number of carbonyl (C=O) groups is 1. The quantitative estimate of drug-likeness (QED) is 0.516. The summed E-state index contributed by atoms with van der Waals surface area (Å²) in [6, 6.07) is 4.86. The topological polar surface area (TPSA) is 73.1 Å². The number of alkyl halides is 3. The lowest BCUT2D eigenvalue weighted by atomic mass is 10.0. The van der Waals surface area contributed by atoms with Gasteiger partial charge in [-0.1, -0.05) is 17.7 Å². The van der Waals surface area contributed by atoms with Gasteiger partial charge in [-0.15, -0.1) is 10.2 Å². The zero-order valence-corrected chi connectivity index (χ0v) is 17.9. The van der Waals surface area contributed by atoms with Crippen LogP contribution < -0.4 is 0 Å². The van der Waals surface area contributed by atoms with Crippen molar-refractivity contribution >= 4 is 17.5 Å². The van der Waals surface area contributed by atoms with Gasteiger partial charge in [-0.05, 0) is 31.2 Å². The summed E-state index contributed by atoms with van der Waals surface area (Å²) in [5.74, 6) is -0.275. The van der Waals surface area contributed by atoms with Gasteiger partial charge in [0.2, 0.25) is 0 Å². The monoisotopic (exact) mass is 481 g/mol. The van der Waals surface area contributed by atoms with Crippen molar-refractivity contribution in [1.82, 2.24) is 24.6 Å². The number of hydrogen-bond donors (Lipinski definition) is 0. The molecule has 2 aliphatic heterocycles. The van der Waals surface area contributed by atoms with Gasteiger partial charge in [-0.3, -0.25) is 4.79 Å². The second-order valence-electron chi connectivity index (χ2n) is 7.84. The molecular weight excluding hydrogens is 466 g/mol. The normalized spacial score (nSPS) is 20.0. The lowest BCUT2D eigenvalue weighted by Crippen LogP contribution is -2.56. The van der Waals surface area contributed by atoms with E-state index in [2.05, 4.69) is 15.2 Å². The van der Waals surface area contributed by atoms with Gasteiger partial charge in [-0.25, -0.2) is 9.37 Å². The Morgan fingerprint density at radius 2 is 1.97 bits per heavy atom. The fraction of sp³-hybridized carbons (Fsp3) is 0.333. The number of fused-ring (bicyclic) bond motifs is 4. The Balaban J connectivity index is 1.54.